The van der Waals surface area contributed by atoms with E-state index in [2.05, 4.69) is 5.32 Å². The van der Waals surface area contributed by atoms with E-state index >= 15 is 0 Å². The van der Waals surface area contributed by atoms with Crippen LogP contribution in [0.4, 0.5) is 0 Å². The number of aromatic nitrogens is 1. The van der Waals surface area contributed by atoms with Gasteiger partial charge >= 0.3 is 5.97 Å². The molecular formula is C23H26N2O4S. The molecule has 0 aliphatic heterocycles. The van der Waals surface area contributed by atoms with Crippen LogP contribution in [-0.2, 0) is 22.6 Å². The molecule has 1 N–H and O–H groups in total. The summed E-state index contributed by atoms with van der Waals surface area (Å²) in [4.78, 5) is 25.9. The zero-order valence-corrected chi connectivity index (χ0v) is 18.3. The maximum absolute atomic E-state index is 12.4. The maximum atomic E-state index is 12.4. The van der Waals surface area contributed by atoms with Gasteiger partial charge in [0.1, 0.15) is 5.75 Å². The standard InChI is InChI=1S/C23H26N2O4S/c1-4-29-23(27)20-14-21(17-7-9-18(28-3)10-8-17)25(16(20)2)12-11-22(26)24-15-19-6-5-13-30-19/h5-10,13-14H,4,11-12,15H2,1-3H3,(H,24,26). The Balaban J connectivity index is 1.81. The summed E-state index contributed by atoms with van der Waals surface area (Å²) in [5.41, 5.74) is 3.10. The van der Waals surface area contributed by atoms with Gasteiger partial charge in [-0.2, -0.15) is 0 Å². The van der Waals surface area contributed by atoms with Crippen LogP contribution in [0.1, 0.15) is 34.3 Å². The van der Waals surface area contributed by atoms with E-state index in [0.717, 1.165) is 27.6 Å². The zero-order chi connectivity index (χ0) is 21.5. The van der Waals surface area contributed by atoms with Crippen LogP contribution in [0, 0.1) is 6.92 Å². The molecule has 0 aliphatic carbocycles. The molecule has 0 aliphatic rings. The number of nitrogens with one attached hydrogen (secondary N) is 1. The number of hydrogen-bond donors (Lipinski definition) is 1. The highest BCUT2D eigenvalue weighted by Crippen LogP contribution is 2.28. The van der Waals surface area contributed by atoms with Gasteiger partial charge in [-0.1, -0.05) is 6.07 Å². The molecular weight excluding hydrogens is 400 g/mol. The van der Waals surface area contributed by atoms with Crippen LogP contribution in [0.25, 0.3) is 11.3 Å². The molecule has 1 aromatic carbocycles. The van der Waals surface area contributed by atoms with Gasteiger partial charge in [-0.05, 0) is 61.2 Å². The van der Waals surface area contributed by atoms with E-state index in [1.807, 2.05) is 59.3 Å². The van der Waals surface area contributed by atoms with E-state index in [-0.39, 0.29) is 11.9 Å². The predicted molar refractivity (Wildman–Crippen MR) is 118 cm³/mol. The SMILES string of the molecule is CCOC(=O)c1cc(-c2ccc(OC)cc2)n(CCC(=O)NCc2cccs2)c1C. The smallest absolute Gasteiger partial charge is 0.339 e. The van der Waals surface area contributed by atoms with E-state index in [0.29, 0.717) is 31.7 Å². The lowest BCUT2D eigenvalue weighted by atomic mass is 10.1. The predicted octanol–water partition coefficient (Wildman–Crippen LogP) is 4.42. The topological polar surface area (TPSA) is 69.6 Å². The highest BCUT2D eigenvalue weighted by molar-refractivity contribution is 7.09. The van der Waals surface area contributed by atoms with E-state index in [4.69, 9.17) is 9.47 Å². The van der Waals surface area contributed by atoms with Crippen LogP contribution in [0.2, 0.25) is 0 Å². The molecule has 2 heterocycles. The summed E-state index contributed by atoms with van der Waals surface area (Å²) in [5, 5.41) is 4.94. The van der Waals surface area contributed by atoms with Crippen molar-refractivity contribution >= 4 is 23.2 Å². The number of amides is 1. The highest BCUT2D eigenvalue weighted by Gasteiger charge is 2.20. The highest BCUT2D eigenvalue weighted by atomic mass is 32.1. The van der Waals surface area contributed by atoms with Gasteiger partial charge in [0.15, 0.2) is 0 Å². The number of esters is 1. The second-order valence-corrected chi connectivity index (χ2v) is 7.77. The summed E-state index contributed by atoms with van der Waals surface area (Å²) in [5.74, 6) is 0.368. The lowest BCUT2D eigenvalue weighted by Gasteiger charge is -2.13. The third-order valence-electron chi connectivity index (χ3n) is 4.85. The molecule has 158 valence electrons. The fraction of sp³-hybridized carbons (Fsp3) is 0.304. The molecule has 0 spiro atoms. The summed E-state index contributed by atoms with van der Waals surface area (Å²) in [7, 11) is 1.62. The van der Waals surface area contributed by atoms with Gasteiger partial charge in [0, 0.05) is 29.2 Å². The molecule has 1 amide bonds. The number of methoxy groups -OCH3 is 1. The van der Waals surface area contributed by atoms with Crippen molar-refractivity contribution in [2.45, 2.75) is 33.4 Å². The van der Waals surface area contributed by atoms with Crippen molar-refractivity contribution < 1.29 is 19.1 Å². The second-order valence-electron chi connectivity index (χ2n) is 6.74. The van der Waals surface area contributed by atoms with Crippen molar-refractivity contribution in [2.75, 3.05) is 13.7 Å². The molecule has 3 aromatic rings. The number of thiophene rings is 1. The Labute approximate surface area is 180 Å². The number of nitrogens with zero attached hydrogens (tertiary/aromatic N) is 1. The van der Waals surface area contributed by atoms with Gasteiger partial charge < -0.3 is 19.4 Å². The molecule has 2 aromatic heterocycles. The molecule has 0 unspecified atom stereocenters. The molecule has 0 fully saturated rings. The van der Waals surface area contributed by atoms with E-state index in [1.165, 1.54) is 0 Å². The van der Waals surface area contributed by atoms with Crippen molar-refractivity contribution in [1.82, 2.24) is 9.88 Å². The normalized spacial score (nSPS) is 10.6. The van der Waals surface area contributed by atoms with Gasteiger partial charge in [-0.15, -0.1) is 11.3 Å². The minimum Gasteiger partial charge on any atom is -0.497 e. The van der Waals surface area contributed by atoms with E-state index < -0.39 is 0 Å². The molecule has 0 radical (unpaired) electrons. The lowest BCUT2D eigenvalue weighted by Crippen LogP contribution is -2.23. The molecule has 0 saturated carbocycles. The first-order valence-corrected chi connectivity index (χ1v) is 10.7. The van der Waals surface area contributed by atoms with Gasteiger partial charge in [-0.3, -0.25) is 4.79 Å². The monoisotopic (exact) mass is 426 g/mol. The number of rotatable bonds is 9. The zero-order valence-electron chi connectivity index (χ0n) is 17.4. The molecule has 0 saturated heterocycles. The number of benzene rings is 1. The second kappa shape index (κ2) is 10.1. The van der Waals surface area contributed by atoms with Crippen molar-refractivity contribution in [3.05, 3.63) is 64.0 Å². The number of hydrogen-bond acceptors (Lipinski definition) is 5. The van der Waals surface area contributed by atoms with Crippen LogP contribution < -0.4 is 10.1 Å². The van der Waals surface area contributed by atoms with Gasteiger partial charge in [0.2, 0.25) is 5.91 Å². The molecule has 0 bridgehead atoms. The first-order valence-electron chi connectivity index (χ1n) is 9.84. The maximum Gasteiger partial charge on any atom is 0.339 e. The summed E-state index contributed by atoms with van der Waals surface area (Å²) >= 11 is 1.61. The Morgan fingerprint density at radius 3 is 2.57 bits per heavy atom. The Bertz CT molecular complexity index is 991. The average Bonchev–Trinajstić information content (AvgIpc) is 3.39. The van der Waals surface area contributed by atoms with Gasteiger partial charge in [-0.25, -0.2) is 4.79 Å². The quantitative estimate of drug-likeness (QED) is 0.515. The summed E-state index contributed by atoms with van der Waals surface area (Å²) in [6.45, 7) is 4.96. The number of carbonyl (C=O) groups excluding carboxylic acids is 2. The molecule has 0 atom stereocenters. The molecule has 30 heavy (non-hydrogen) atoms. The lowest BCUT2D eigenvalue weighted by molar-refractivity contribution is -0.121. The van der Waals surface area contributed by atoms with Crippen molar-refractivity contribution in [1.29, 1.82) is 0 Å². The van der Waals surface area contributed by atoms with Crippen LogP contribution in [0.3, 0.4) is 0 Å². The largest absolute Gasteiger partial charge is 0.497 e. The fourth-order valence-electron chi connectivity index (χ4n) is 3.25. The Kier molecular flexibility index (Phi) is 7.30. The van der Waals surface area contributed by atoms with Gasteiger partial charge in [0.05, 0.1) is 25.8 Å². The average molecular weight is 427 g/mol. The molecule has 6 nitrogen and oxygen atoms in total. The summed E-state index contributed by atoms with van der Waals surface area (Å²) in [6.07, 6.45) is 0.312. The van der Waals surface area contributed by atoms with Crippen LogP contribution in [0.5, 0.6) is 5.75 Å². The summed E-state index contributed by atoms with van der Waals surface area (Å²) in [6, 6.07) is 13.4. The van der Waals surface area contributed by atoms with Crippen LogP contribution >= 0.6 is 11.3 Å². The van der Waals surface area contributed by atoms with Gasteiger partial charge in [0.25, 0.3) is 0 Å². The minimum absolute atomic E-state index is 0.0325. The van der Waals surface area contributed by atoms with E-state index in [1.54, 1.807) is 25.4 Å². The molecule has 3 rings (SSSR count). The Morgan fingerprint density at radius 1 is 1.17 bits per heavy atom. The van der Waals surface area contributed by atoms with E-state index in [9.17, 15) is 9.59 Å². The van der Waals surface area contributed by atoms with Crippen molar-refractivity contribution in [2.24, 2.45) is 0 Å². The number of carbonyl (C=O) groups is 2. The minimum atomic E-state index is -0.356. The first-order chi connectivity index (χ1) is 14.5. The van der Waals surface area contributed by atoms with Crippen LogP contribution in [-0.4, -0.2) is 30.2 Å². The Hall–Kier alpha value is -3.06. The van der Waals surface area contributed by atoms with Crippen molar-refractivity contribution in [3.63, 3.8) is 0 Å². The third-order valence-corrected chi connectivity index (χ3v) is 5.73. The van der Waals surface area contributed by atoms with Crippen LogP contribution in [0.15, 0.2) is 47.8 Å². The first kappa shape index (κ1) is 21.6. The summed E-state index contributed by atoms with van der Waals surface area (Å²) < 4.78 is 12.4. The Morgan fingerprint density at radius 2 is 1.93 bits per heavy atom. The van der Waals surface area contributed by atoms with Crippen molar-refractivity contribution in [3.8, 4) is 17.0 Å². The molecule has 7 heteroatoms. The third kappa shape index (κ3) is 5.10. The number of ether oxygens (including phenoxy) is 2. The fourth-order valence-corrected chi connectivity index (χ4v) is 3.89.